The van der Waals surface area contributed by atoms with Crippen LogP contribution in [0, 0.1) is 6.92 Å². The van der Waals surface area contributed by atoms with E-state index < -0.39 is 12.1 Å². The molecule has 0 bridgehead atoms. The minimum Gasteiger partial charge on any atom is -0.357 e. The third-order valence-electron chi connectivity index (χ3n) is 7.36. The molecule has 10 nitrogen and oxygen atoms in total. The van der Waals surface area contributed by atoms with Gasteiger partial charge in [-0.25, -0.2) is 9.67 Å². The van der Waals surface area contributed by atoms with Crippen molar-refractivity contribution in [2.24, 2.45) is 0 Å². The number of nitrogens with one attached hydrogen (secondary N) is 2. The number of aryl methyl sites for hydroxylation is 1. The van der Waals surface area contributed by atoms with E-state index in [-0.39, 0.29) is 17.7 Å². The largest absolute Gasteiger partial charge is 0.357 e. The standard InChI is InChI=1S/C28H35N7O3/c1-20-30-26-23(19-21-9-3-2-4-10-21)31-27(37)24-12-5-6-16-34(24)25(36)13-8-15-33(17-18-35(26)32-20)28(38)22-11-7-14-29-22/h2-4,7,9-11,14,23-24,29H,5-6,8,12-13,15-19H2,1H3,(H,31,37)/t23-,24+/m1/s1. The first-order valence-corrected chi connectivity index (χ1v) is 13.5. The lowest BCUT2D eigenvalue weighted by molar-refractivity contribution is -0.142. The van der Waals surface area contributed by atoms with Gasteiger partial charge in [-0.05, 0) is 56.7 Å². The SMILES string of the molecule is Cc1nc2n(n1)CCN(C(=O)c1ccc[nH]1)CCCC(=O)N1CCCC[C@H]1C(=O)N[C@@H]2Cc1ccccc1. The molecule has 2 aliphatic rings. The number of fused-ring (bicyclic) bond motifs is 2. The molecule has 1 aromatic carbocycles. The van der Waals surface area contributed by atoms with Gasteiger partial charge in [-0.2, -0.15) is 5.10 Å². The number of piperidine rings is 1. The number of aromatic nitrogens is 4. The molecule has 5 rings (SSSR count). The van der Waals surface area contributed by atoms with Gasteiger partial charge in [-0.1, -0.05) is 30.3 Å². The number of carbonyl (C=O) groups excluding carboxylic acids is 3. The van der Waals surface area contributed by atoms with Crippen LogP contribution in [0.5, 0.6) is 0 Å². The van der Waals surface area contributed by atoms with Gasteiger partial charge in [0.2, 0.25) is 11.8 Å². The predicted molar refractivity (Wildman–Crippen MR) is 141 cm³/mol. The molecule has 0 spiro atoms. The molecule has 3 amide bonds. The van der Waals surface area contributed by atoms with Crippen molar-refractivity contribution >= 4 is 17.7 Å². The number of carbonyl (C=O) groups is 3. The topological polar surface area (TPSA) is 116 Å². The van der Waals surface area contributed by atoms with Gasteiger partial charge >= 0.3 is 0 Å². The Morgan fingerprint density at radius 2 is 1.84 bits per heavy atom. The molecular weight excluding hydrogens is 482 g/mol. The normalized spacial score (nSPS) is 21.3. The number of amides is 3. The zero-order valence-electron chi connectivity index (χ0n) is 21.8. The molecule has 0 aliphatic carbocycles. The van der Waals surface area contributed by atoms with E-state index in [4.69, 9.17) is 4.98 Å². The summed E-state index contributed by atoms with van der Waals surface area (Å²) in [5.74, 6) is 0.962. The molecule has 0 saturated carbocycles. The van der Waals surface area contributed by atoms with Crippen LogP contribution in [0.1, 0.15) is 65.8 Å². The quantitative estimate of drug-likeness (QED) is 0.554. The Morgan fingerprint density at radius 3 is 2.63 bits per heavy atom. The molecular formula is C28H35N7O3. The minimum atomic E-state index is -0.508. The lowest BCUT2D eigenvalue weighted by Crippen LogP contribution is -2.53. The van der Waals surface area contributed by atoms with E-state index in [2.05, 4.69) is 15.4 Å². The van der Waals surface area contributed by atoms with Crippen LogP contribution >= 0.6 is 0 Å². The summed E-state index contributed by atoms with van der Waals surface area (Å²) in [6.07, 6.45) is 5.50. The molecule has 2 atom stereocenters. The van der Waals surface area contributed by atoms with Gasteiger partial charge in [-0.15, -0.1) is 0 Å². The van der Waals surface area contributed by atoms with Gasteiger partial charge in [0.15, 0.2) is 0 Å². The molecule has 0 unspecified atom stereocenters. The average Bonchev–Trinajstić information content (AvgIpc) is 3.60. The lowest BCUT2D eigenvalue weighted by atomic mass is 9.99. The second-order valence-electron chi connectivity index (χ2n) is 10.1. The van der Waals surface area contributed by atoms with Crippen molar-refractivity contribution in [2.75, 3.05) is 19.6 Å². The molecule has 2 aliphatic heterocycles. The summed E-state index contributed by atoms with van der Waals surface area (Å²) in [4.78, 5) is 51.4. The van der Waals surface area contributed by atoms with E-state index in [1.165, 1.54) is 0 Å². The van der Waals surface area contributed by atoms with E-state index in [0.717, 1.165) is 18.4 Å². The highest BCUT2D eigenvalue weighted by Gasteiger charge is 2.34. The second kappa shape index (κ2) is 11.6. The summed E-state index contributed by atoms with van der Waals surface area (Å²) in [5, 5.41) is 7.86. The molecule has 10 heteroatoms. The van der Waals surface area contributed by atoms with Gasteiger partial charge in [-0.3, -0.25) is 14.4 Å². The van der Waals surface area contributed by atoms with E-state index in [9.17, 15) is 14.4 Å². The summed E-state index contributed by atoms with van der Waals surface area (Å²) in [6.45, 7) is 3.66. The van der Waals surface area contributed by atoms with Crippen LogP contribution in [0.3, 0.4) is 0 Å². The summed E-state index contributed by atoms with van der Waals surface area (Å²) < 4.78 is 1.81. The lowest BCUT2D eigenvalue weighted by Gasteiger charge is -2.36. The molecule has 0 radical (unpaired) electrons. The highest BCUT2D eigenvalue weighted by Crippen LogP contribution is 2.23. The van der Waals surface area contributed by atoms with Crippen LogP contribution in [0.4, 0.5) is 0 Å². The Balaban J connectivity index is 1.49. The van der Waals surface area contributed by atoms with Gasteiger partial charge < -0.3 is 20.1 Å². The molecule has 3 aromatic rings. The number of aromatic amines is 1. The summed E-state index contributed by atoms with van der Waals surface area (Å²) >= 11 is 0. The second-order valence-corrected chi connectivity index (χ2v) is 10.1. The maximum Gasteiger partial charge on any atom is 0.270 e. The fraction of sp³-hybridized carbons (Fsp3) is 0.464. The van der Waals surface area contributed by atoms with Crippen molar-refractivity contribution in [1.82, 2.24) is 34.9 Å². The van der Waals surface area contributed by atoms with Crippen molar-refractivity contribution in [3.8, 4) is 0 Å². The maximum absolute atomic E-state index is 13.6. The van der Waals surface area contributed by atoms with Crippen LogP contribution in [0.25, 0.3) is 0 Å². The molecule has 2 aromatic heterocycles. The van der Waals surface area contributed by atoms with Crippen LogP contribution in [0.15, 0.2) is 48.7 Å². The van der Waals surface area contributed by atoms with Crippen molar-refractivity contribution in [3.05, 3.63) is 71.6 Å². The van der Waals surface area contributed by atoms with E-state index in [1.807, 2.05) is 41.9 Å². The smallest absolute Gasteiger partial charge is 0.270 e. The summed E-state index contributed by atoms with van der Waals surface area (Å²) in [7, 11) is 0. The van der Waals surface area contributed by atoms with Gasteiger partial charge in [0.1, 0.15) is 23.4 Å². The number of H-pyrrole nitrogens is 1. The Bertz CT molecular complexity index is 1250. The van der Waals surface area contributed by atoms with Crippen LogP contribution in [-0.4, -0.2) is 72.9 Å². The van der Waals surface area contributed by atoms with E-state index in [0.29, 0.717) is 69.2 Å². The van der Waals surface area contributed by atoms with Crippen LogP contribution < -0.4 is 5.32 Å². The Hall–Kier alpha value is -3.95. The fourth-order valence-electron chi connectivity index (χ4n) is 5.45. The van der Waals surface area contributed by atoms with E-state index >= 15 is 0 Å². The third-order valence-corrected chi connectivity index (χ3v) is 7.36. The van der Waals surface area contributed by atoms with Gasteiger partial charge in [0, 0.05) is 32.3 Å². The first kappa shape index (κ1) is 25.7. The number of hydrogen-bond donors (Lipinski definition) is 2. The number of nitrogens with zero attached hydrogens (tertiary/aromatic N) is 5. The zero-order chi connectivity index (χ0) is 26.5. The first-order valence-electron chi connectivity index (χ1n) is 13.5. The molecule has 1 saturated heterocycles. The number of benzene rings is 1. The van der Waals surface area contributed by atoms with Crippen LogP contribution in [-0.2, 0) is 22.6 Å². The number of rotatable bonds is 3. The maximum atomic E-state index is 13.6. The van der Waals surface area contributed by atoms with Crippen molar-refractivity contribution < 1.29 is 14.4 Å². The molecule has 200 valence electrons. The number of hydrogen-bond acceptors (Lipinski definition) is 5. The molecule has 2 N–H and O–H groups in total. The van der Waals surface area contributed by atoms with Crippen molar-refractivity contribution in [3.63, 3.8) is 0 Å². The van der Waals surface area contributed by atoms with E-state index in [1.54, 1.807) is 28.1 Å². The predicted octanol–water partition coefficient (Wildman–Crippen LogP) is 2.63. The van der Waals surface area contributed by atoms with Crippen molar-refractivity contribution in [2.45, 2.75) is 64.1 Å². The Morgan fingerprint density at radius 1 is 1.00 bits per heavy atom. The van der Waals surface area contributed by atoms with Gasteiger partial charge in [0.05, 0.1) is 12.6 Å². The monoisotopic (exact) mass is 517 g/mol. The Kier molecular flexibility index (Phi) is 7.86. The molecule has 38 heavy (non-hydrogen) atoms. The molecule has 4 heterocycles. The zero-order valence-corrected chi connectivity index (χ0v) is 21.8. The third kappa shape index (κ3) is 5.79. The highest BCUT2D eigenvalue weighted by atomic mass is 16.2. The summed E-state index contributed by atoms with van der Waals surface area (Å²) in [5.41, 5.74) is 1.57. The summed E-state index contributed by atoms with van der Waals surface area (Å²) in [6, 6.07) is 12.6. The minimum absolute atomic E-state index is 0.0344. The van der Waals surface area contributed by atoms with Crippen LogP contribution in [0.2, 0.25) is 0 Å². The average molecular weight is 518 g/mol. The van der Waals surface area contributed by atoms with Crippen molar-refractivity contribution in [1.29, 1.82) is 0 Å². The fourth-order valence-corrected chi connectivity index (χ4v) is 5.45. The first-order chi connectivity index (χ1) is 18.5. The molecule has 1 fully saturated rings. The van der Waals surface area contributed by atoms with Gasteiger partial charge in [0.25, 0.3) is 5.91 Å². The highest BCUT2D eigenvalue weighted by molar-refractivity contribution is 5.92. The Labute approximate surface area is 222 Å².